The van der Waals surface area contributed by atoms with E-state index in [0.717, 1.165) is 25.7 Å². The normalized spacial score (nSPS) is 14.1. The van der Waals surface area contributed by atoms with E-state index in [1.165, 1.54) is 77.0 Å². The van der Waals surface area contributed by atoms with Crippen molar-refractivity contribution in [2.24, 2.45) is 0 Å². The third-order valence-corrected chi connectivity index (χ3v) is 11.9. The van der Waals surface area contributed by atoms with Gasteiger partial charge in [-0.3, -0.25) is 0 Å². The van der Waals surface area contributed by atoms with Crippen molar-refractivity contribution in [1.29, 1.82) is 0 Å². The van der Waals surface area contributed by atoms with Crippen LogP contribution in [-0.4, -0.2) is 34.1 Å². The van der Waals surface area contributed by atoms with E-state index >= 15 is 0 Å². The summed E-state index contributed by atoms with van der Waals surface area (Å²) in [4.78, 5) is 0. The molecule has 0 aromatic rings. The molecule has 0 aliphatic heterocycles. The second-order valence-electron chi connectivity index (χ2n) is 9.42. The molecule has 0 N–H and O–H groups in total. The van der Waals surface area contributed by atoms with Gasteiger partial charge in [-0.1, -0.05) is 0 Å². The van der Waals surface area contributed by atoms with Crippen LogP contribution < -0.4 is 0 Å². The Labute approximate surface area is 176 Å². The third kappa shape index (κ3) is 17.2. The predicted octanol–water partition coefficient (Wildman–Crippen LogP) is 8.23. The molecular formula is C22H48FO3PS. The number of rotatable bonds is 20. The van der Waals surface area contributed by atoms with E-state index in [1.54, 1.807) is 0 Å². The molecule has 0 saturated heterocycles. The van der Waals surface area contributed by atoms with Gasteiger partial charge in [-0.25, -0.2) is 0 Å². The topological polar surface area (TPSA) is 43.4 Å². The molecule has 3 nitrogen and oxygen atoms in total. The molecule has 0 bridgehead atoms. The number of unbranched alkanes of at least 4 members (excludes halogenated alkanes) is 14. The molecule has 0 unspecified atom stereocenters. The molecule has 0 spiro atoms. The second kappa shape index (κ2) is 15.1. The van der Waals surface area contributed by atoms with E-state index in [4.69, 9.17) is 3.97 Å². The summed E-state index contributed by atoms with van der Waals surface area (Å²) in [7, 11) is -4.90. The first-order valence-corrected chi connectivity index (χ1v) is 16.5. The molecule has 0 aromatic heterocycles. The van der Waals surface area contributed by atoms with E-state index < -0.39 is 17.3 Å². The Morgan fingerprint density at radius 1 is 0.607 bits per heavy atom. The van der Waals surface area contributed by atoms with E-state index in [2.05, 4.69) is 13.8 Å². The Bertz CT molecular complexity index is 456. The Hall–Kier alpha value is 0.270. The fourth-order valence-corrected chi connectivity index (χ4v) is 9.64. The summed E-state index contributed by atoms with van der Waals surface area (Å²) < 4.78 is 41.1. The Kier molecular flexibility index (Phi) is 15.3. The molecular weight excluding hydrogens is 394 g/mol. The first-order chi connectivity index (χ1) is 13.1. The summed E-state index contributed by atoms with van der Waals surface area (Å²) >= 11 is 0. The summed E-state index contributed by atoms with van der Waals surface area (Å²) in [5, 5.41) is 0. The van der Waals surface area contributed by atoms with Crippen LogP contribution in [0.25, 0.3) is 0 Å². The SMILES string of the molecule is CCCCCCCCCCP(C)(C)(CCCCCCCCCC)OS(=O)(=O)F. The maximum absolute atomic E-state index is 13.4. The van der Waals surface area contributed by atoms with Gasteiger partial charge in [0.15, 0.2) is 0 Å². The van der Waals surface area contributed by atoms with Crippen LogP contribution in [0, 0.1) is 0 Å². The van der Waals surface area contributed by atoms with Gasteiger partial charge in [-0.2, -0.15) is 0 Å². The van der Waals surface area contributed by atoms with Gasteiger partial charge < -0.3 is 0 Å². The van der Waals surface area contributed by atoms with Crippen molar-refractivity contribution in [1.82, 2.24) is 0 Å². The number of halogens is 1. The van der Waals surface area contributed by atoms with E-state index in [-0.39, 0.29) is 0 Å². The number of hydrogen-bond acceptors (Lipinski definition) is 3. The summed E-state index contributed by atoms with van der Waals surface area (Å²) in [6.07, 6.45) is 20.6. The average molecular weight is 443 g/mol. The van der Waals surface area contributed by atoms with E-state index in [1.807, 2.05) is 13.3 Å². The zero-order valence-electron chi connectivity index (χ0n) is 19.2. The van der Waals surface area contributed by atoms with Crippen molar-refractivity contribution in [3.05, 3.63) is 0 Å². The van der Waals surface area contributed by atoms with Gasteiger partial charge in [0, 0.05) is 0 Å². The molecule has 0 atom stereocenters. The first kappa shape index (κ1) is 28.3. The molecule has 0 fully saturated rings. The molecule has 6 heteroatoms. The minimum absolute atomic E-state index is 0.709. The van der Waals surface area contributed by atoms with Crippen LogP contribution in [0.1, 0.15) is 117 Å². The van der Waals surface area contributed by atoms with Gasteiger partial charge in [0.25, 0.3) is 0 Å². The Morgan fingerprint density at radius 2 is 0.893 bits per heavy atom. The van der Waals surface area contributed by atoms with Gasteiger partial charge >= 0.3 is 176 Å². The number of hydrogen-bond donors (Lipinski definition) is 0. The van der Waals surface area contributed by atoms with Crippen LogP contribution in [-0.2, 0) is 14.5 Å². The van der Waals surface area contributed by atoms with Crippen molar-refractivity contribution in [2.75, 3.05) is 25.7 Å². The fourth-order valence-electron chi connectivity index (χ4n) is 3.97. The molecule has 0 rings (SSSR count). The molecule has 0 aliphatic carbocycles. The average Bonchev–Trinajstić information content (AvgIpc) is 2.58. The molecule has 0 amide bonds. The van der Waals surface area contributed by atoms with Gasteiger partial charge in [0.05, 0.1) is 0 Å². The first-order valence-electron chi connectivity index (χ1n) is 11.8. The molecule has 28 heavy (non-hydrogen) atoms. The van der Waals surface area contributed by atoms with Crippen molar-refractivity contribution < 1.29 is 16.3 Å². The van der Waals surface area contributed by atoms with Crippen LogP contribution in [0.2, 0.25) is 0 Å². The van der Waals surface area contributed by atoms with Crippen molar-refractivity contribution in [2.45, 2.75) is 117 Å². The van der Waals surface area contributed by atoms with Gasteiger partial charge in [0.1, 0.15) is 0 Å². The second-order valence-corrected chi connectivity index (χ2v) is 16.8. The van der Waals surface area contributed by atoms with Crippen LogP contribution in [0.3, 0.4) is 0 Å². The monoisotopic (exact) mass is 442 g/mol. The van der Waals surface area contributed by atoms with E-state index in [9.17, 15) is 12.3 Å². The maximum atomic E-state index is 13.4. The van der Waals surface area contributed by atoms with Crippen molar-refractivity contribution in [3.8, 4) is 0 Å². The molecule has 0 aliphatic rings. The Morgan fingerprint density at radius 3 is 1.18 bits per heavy atom. The van der Waals surface area contributed by atoms with Crippen molar-refractivity contribution >= 4 is 17.3 Å². The molecule has 0 heterocycles. The van der Waals surface area contributed by atoms with Crippen LogP contribution in [0.15, 0.2) is 0 Å². The molecule has 0 saturated carbocycles. The van der Waals surface area contributed by atoms with Crippen LogP contribution >= 0.6 is 6.83 Å². The predicted molar refractivity (Wildman–Crippen MR) is 125 cm³/mol. The third-order valence-electron chi connectivity index (χ3n) is 5.76. The van der Waals surface area contributed by atoms with Crippen molar-refractivity contribution in [3.63, 3.8) is 0 Å². The summed E-state index contributed by atoms with van der Waals surface area (Å²) in [5.41, 5.74) is 0. The minimum atomic E-state index is -4.90. The summed E-state index contributed by atoms with van der Waals surface area (Å²) in [5.74, 6) is 0. The van der Waals surface area contributed by atoms with Crippen LogP contribution in [0.4, 0.5) is 3.89 Å². The molecule has 0 radical (unpaired) electrons. The van der Waals surface area contributed by atoms with E-state index in [0.29, 0.717) is 12.3 Å². The fraction of sp³-hybridized carbons (Fsp3) is 1.00. The Balaban J connectivity index is 4.27. The molecule has 0 aromatic carbocycles. The molecule has 172 valence electrons. The van der Waals surface area contributed by atoms with Gasteiger partial charge in [-0.05, 0) is 0 Å². The summed E-state index contributed by atoms with van der Waals surface area (Å²) in [6.45, 7) is 5.26. The van der Waals surface area contributed by atoms with Crippen LogP contribution in [0.5, 0.6) is 0 Å². The quantitative estimate of drug-likeness (QED) is 0.108. The zero-order valence-corrected chi connectivity index (χ0v) is 20.9. The standard InChI is InChI=1S/C22H48FO3PS/c1-5-7-9-11-13-15-17-19-21-27(3,4,26-28(23,24)25)22-20-18-16-14-12-10-8-6-2/h5-22H2,1-4H3. The van der Waals surface area contributed by atoms with Gasteiger partial charge in [-0.15, -0.1) is 0 Å². The zero-order chi connectivity index (χ0) is 21.4. The summed E-state index contributed by atoms with van der Waals surface area (Å²) in [6, 6.07) is 0. The van der Waals surface area contributed by atoms with Gasteiger partial charge in [0.2, 0.25) is 0 Å².